The molecule has 1 aromatic heterocycles. The van der Waals surface area contributed by atoms with Crippen LogP contribution in [-0.2, 0) is 11.8 Å². The smallest absolute Gasteiger partial charge is 0.251 e. The van der Waals surface area contributed by atoms with Crippen LogP contribution >= 0.6 is 11.8 Å². The molecule has 6 rings (SSSR count). The number of thioether (sulfide) groups is 1. The second-order valence-electron chi connectivity index (χ2n) is 9.97. The van der Waals surface area contributed by atoms with Crippen molar-refractivity contribution in [3.63, 3.8) is 0 Å². The van der Waals surface area contributed by atoms with Gasteiger partial charge >= 0.3 is 0 Å². The number of hydrogen-bond acceptors (Lipinski definition) is 6. The van der Waals surface area contributed by atoms with Gasteiger partial charge < -0.3 is 10.6 Å². The normalized spacial score (nSPS) is 29.0. The summed E-state index contributed by atoms with van der Waals surface area (Å²) in [6.45, 7) is 2.20. The minimum Gasteiger partial charge on any atom is -0.349 e. The van der Waals surface area contributed by atoms with Gasteiger partial charge in [-0.05, 0) is 103 Å². The zero-order chi connectivity index (χ0) is 22.3. The van der Waals surface area contributed by atoms with Crippen LogP contribution < -0.4 is 10.6 Å². The van der Waals surface area contributed by atoms with Gasteiger partial charge in [0.1, 0.15) is 0 Å². The van der Waals surface area contributed by atoms with Crippen LogP contribution in [0.3, 0.4) is 0 Å². The number of rotatable bonds is 7. The minimum absolute atomic E-state index is 0.0311. The van der Waals surface area contributed by atoms with Crippen LogP contribution in [0.25, 0.3) is 0 Å². The van der Waals surface area contributed by atoms with Crippen molar-refractivity contribution in [1.29, 1.82) is 0 Å². The Bertz CT molecular complexity index is 969. The molecule has 4 aliphatic rings. The first-order chi connectivity index (χ1) is 15.4. The highest BCUT2D eigenvalue weighted by molar-refractivity contribution is 7.99. The number of nitrogens with one attached hydrogen (secondary N) is 2. The molecule has 0 aliphatic heterocycles. The average Bonchev–Trinajstić information content (AvgIpc) is 3.16. The first-order valence-corrected chi connectivity index (χ1v) is 12.4. The molecule has 8 nitrogen and oxygen atoms in total. The molecule has 4 aliphatic carbocycles. The molecule has 32 heavy (non-hydrogen) atoms. The Labute approximate surface area is 192 Å². The van der Waals surface area contributed by atoms with Gasteiger partial charge in [-0.3, -0.25) is 9.59 Å². The van der Waals surface area contributed by atoms with Gasteiger partial charge in [0.2, 0.25) is 11.1 Å². The minimum atomic E-state index is -0.148. The number of aromatic nitrogens is 4. The molecule has 2 amide bonds. The molecular formula is C23H30N6O2S. The fourth-order valence-corrected chi connectivity index (χ4v) is 7.17. The Morgan fingerprint density at radius 2 is 1.75 bits per heavy atom. The maximum atomic E-state index is 12.9. The summed E-state index contributed by atoms with van der Waals surface area (Å²) in [7, 11) is 1.73. The molecule has 170 valence electrons. The first-order valence-electron chi connectivity index (χ1n) is 11.5. The highest BCUT2D eigenvalue weighted by Gasteiger charge is 2.53. The largest absolute Gasteiger partial charge is 0.349 e. The topological polar surface area (TPSA) is 102 Å². The summed E-state index contributed by atoms with van der Waals surface area (Å²) in [5, 5.41) is 17.9. The summed E-state index contributed by atoms with van der Waals surface area (Å²) >= 11 is 1.27. The van der Waals surface area contributed by atoms with E-state index in [0.717, 1.165) is 17.8 Å². The lowest BCUT2D eigenvalue weighted by Gasteiger charge is -2.59. The third kappa shape index (κ3) is 4.27. The van der Waals surface area contributed by atoms with Gasteiger partial charge in [-0.15, -0.1) is 5.10 Å². The maximum absolute atomic E-state index is 12.9. The summed E-state index contributed by atoms with van der Waals surface area (Å²) in [5.74, 6) is 2.63. The molecule has 1 heterocycles. The predicted octanol–water partition coefficient (Wildman–Crippen LogP) is 3.28. The van der Waals surface area contributed by atoms with Crippen molar-refractivity contribution in [2.45, 2.75) is 56.6 Å². The second-order valence-corrected chi connectivity index (χ2v) is 10.9. The molecule has 1 atom stereocenters. The molecule has 0 radical (unpaired) electrons. The van der Waals surface area contributed by atoms with Gasteiger partial charge in [0.05, 0.1) is 5.75 Å². The Morgan fingerprint density at radius 3 is 2.31 bits per heavy atom. The number of nitrogens with zero attached hydrogens (tertiary/aromatic N) is 4. The lowest BCUT2D eigenvalue weighted by Crippen LogP contribution is -2.55. The third-order valence-corrected chi connectivity index (χ3v) is 8.71. The lowest BCUT2D eigenvalue weighted by atomic mass is 9.48. The molecule has 0 spiro atoms. The van der Waals surface area contributed by atoms with Crippen molar-refractivity contribution >= 4 is 29.3 Å². The lowest BCUT2D eigenvalue weighted by molar-refractivity contribution is -0.113. The van der Waals surface area contributed by atoms with Crippen LogP contribution in [0.4, 0.5) is 5.69 Å². The summed E-state index contributed by atoms with van der Waals surface area (Å²) in [6.07, 6.45) is 8.03. The zero-order valence-electron chi connectivity index (χ0n) is 18.6. The van der Waals surface area contributed by atoms with E-state index in [-0.39, 0.29) is 29.0 Å². The molecule has 4 saturated carbocycles. The SMILES string of the molecule is C[C@H](NC(=O)c1ccc(NC(=O)CSc2nnnn2C)cc1)C12CC3CC(CC(C3)C1)C2. The molecular weight excluding hydrogens is 424 g/mol. The zero-order valence-corrected chi connectivity index (χ0v) is 19.4. The number of benzene rings is 1. The quantitative estimate of drug-likeness (QED) is 0.623. The number of hydrogen-bond donors (Lipinski definition) is 2. The van der Waals surface area contributed by atoms with Crippen LogP contribution in [0, 0.1) is 23.2 Å². The van der Waals surface area contributed by atoms with Gasteiger partial charge in [-0.1, -0.05) is 11.8 Å². The molecule has 2 aromatic rings. The molecule has 4 bridgehead atoms. The van der Waals surface area contributed by atoms with E-state index in [4.69, 9.17) is 0 Å². The van der Waals surface area contributed by atoms with Gasteiger partial charge in [-0.2, -0.15) is 0 Å². The van der Waals surface area contributed by atoms with E-state index in [1.807, 2.05) is 0 Å². The van der Waals surface area contributed by atoms with Crippen molar-refractivity contribution < 1.29 is 9.59 Å². The van der Waals surface area contributed by atoms with E-state index in [1.54, 1.807) is 31.3 Å². The number of anilines is 1. The molecule has 0 saturated heterocycles. The summed E-state index contributed by atoms with van der Waals surface area (Å²) in [4.78, 5) is 25.1. The van der Waals surface area contributed by atoms with Crippen LogP contribution in [0.2, 0.25) is 0 Å². The van der Waals surface area contributed by atoms with Crippen molar-refractivity contribution in [3.8, 4) is 0 Å². The van der Waals surface area contributed by atoms with Gasteiger partial charge in [-0.25, -0.2) is 4.68 Å². The first kappa shape index (κ1) is 21.4. The van der Waals surface area contributed by atoms with Crippen molar-refractivity contribution in [1.82, 2.24) is 25.5 Å². The molecule has 4 fully saturated rings. The summed E-state index contributed by atoms with van der Waals surface area (Å²) in [6, 6.07) is 7.29. The number of carbonyl (C=O) groups is 2. The monoisotopic (exact) mass is 454 g/mol. The highest BCUT2D eigenvalue weighted by atomic mass is 32.2. The van der Waals surface area contributed by atoms with Crippen molar-refractivity contribution in [3.05, 3.63) is 29.8 Å². The number of aryl methyl sites for hydroxylation is 1. The number of tetrazole rings is 1. The van der Waals surface area contributed by atoms with E-state index in [9.17, 15) is 9.59 Å². The summed E-state index contributed by atoms with van der Waals surface area (Å²) < 4.78 is 1.52. The molecule has 0 unspecified atom stereocenters. The molecule has 2 N–H and O–H groups in total. The van der Waals surface area contributed by atoms with Crippen LogP contribution in [-0.4, -0.2) is 43.8 Å². The van der Waals surface area contributed by atoms with E-state index in [0.29, 0.717) is 16.4 Å². The number of amides is 2. The Hall–Kier alpha value is -2.42. The van der Waals surface area contributed by atoms with E-state index >= 15 is 0 Å². The van der Waals surface area contributed by atoms with E-state index < -0.39 is 0 Å². The van der Waals surface area contributed by atoms with E-state index in [2.05, 4.69) is 33.1 Å². The van der Waals surface area contributed by atoms with Gasteiger partial charge in [0.15, 0.2) is 0 Å². The molecule has 9 heteroatoms. The number of carbonyl (C=O) groups excluding carboxylic acids is 2. The van der Waals surface area contributed by atoms with Crippen LogP contribution in [0.15, 0.2) is 29.4 Å². The Morgan fingerprint density at radius 1 is 1.12 bits per heavy atom. The third-order valence-electron chi connectivity index (χ3n) is 7.70. The summed E-state index contributed by atoms with van der Waals surface area (Å²) in [5.41, 5.74) is 1.57. The van der Waals surface area contributed by atoms with Gasteiger partial charge in [0.25, 0.3) is 5.91 Å². The Kier molecular flexibility index (Phi) is 5.69. The fourth-order valence-electron chi connectivity index (χ4n) is 6.52. The maximum Gasteiger partial charge on any atom is 0.251 e. The second kappa shape index (κ2) is 8.50. The predicted molar refractivity (Wildman–Crippen MR) is 122 cm³/mol. The standard InChI is InChI=1S/C23H30N6O2S/c1-14(23-10-15-7-16(11-23)9-17(8-15)12-23)24-21(31)18-3-5-19(6-4-18)25-20(30)13-32-22-26-27-28-29(22)2/h3-6,14-17H,7-13H2,1-2H3,(H,24,31)(H,25,30)/t14-,15?,16?,17?,23?/m0/s1. The van der Waals surface area contributed by atoms with Gasteiger partial charge in [0, 0.05) is 24.3 Å². The molecule has 1 aromatic carbocycles. The van der Waals surface area contributed by atoms with Crippen LogP contribution in [0.1, 0.15) is 55.8 Å². The van der Waals surface area contributed by atoms with Crippen LogP contribution in [0.5, 0.6) is 0 Å². The van der Waals surface area contributed by atoms with Crippen molar-refractivity contribution in [2.75, 3.05) is 11.1 Å². The Balaban J connectivity index is 1.15. The average molecular weight is 455 g/mol. The van der Waals surface area contributed by atoms with E-state index in [1.165, 1.54) is 55.0 Å². The fraction of sp³-hybridized carbons (Fsp3) is 0.609. The highest BCUT2D eigenvalue weighted by Crippen LogP contribution is 2.61. The van der Waals surface area contributed by atoms with Crippen molar-refractivity contribution in [2.24, 2.45) is 30.2 Å².